The first-order valence-electron chi connectivity index (χ1n) is 3.32. The van der Waals surface area contributed by atoms with Gasteiger partial charge in [-0.1, -0.05) is 37.9 Å². The highest BCUT2D eigenvalue weighted by Gasteiger charge is 2.09. The molecule has 0 aliphatic rings. The number of primary sulfonamides is 1. The summed E-state index contributed by atoms with van der Waals surface area (Å²) in [6, 6.07) is 4.68. The maximum Gasteiger partial charge on any atom is 0.238 e. The van der Waals surface area contributed by atoms with Crippen LogP contribution in [0.2, 0.25) is 0 Å². The zero-order chi connectivity index (χ0) is 10.1. The number of rotatable bonds is 2. The minimum atomic E-state index is -3.60. The number of nitrogens with two attached hydrogens (primary N) is 1. The van der Waals surface area contributed by atoms with Crippen molar-refractivity contribution in [1.82, 2.24) is 0 Å². The van der Waals surface area contributed by atoms with Crippen molar-refractivity contribution < 1.29 is 8.42 Å². The van der Waals surface area contributed by atoms with Gasteiger partial charge >= 0.3 is 0 Å². The second-order valence-corrected chi connectivity index (χ2v) is 5.41. The van der Waals surface area contributed by atoms with Gasteiger partial charge in [0.1, 0.15) is 0 Å². The van der Waals surface area contributed by atoms with Crippen LogP contribution in [0.4, 0.5) is 0 Å². The van der Waals surface area contributed by atoms with Crippen LogP contribution in [0.3, 0.4) is 0 Å². The minimum absolute atomic E-state index is 0.115. The number of hydrogen-bond donors (Lipinski definition) is 1. The molecule has 1 rings (SSSR count). The largest absolute Gasteiger partial charge is 0.238 e. The van der Waals surface area contributed by atoms with Crippen molar-refractivity contribution in [1.29, 1.82) is 0 Å². The van der Waals surface area contributed by atoms with E-state index >= 15 is 0 Å². The Hall–Kier alpha value is 0.0900. The van der Waals surface area contributed by atoms with Crippen LogP contribution in [0.25, 0.3) is 0 Å². The molecule has 0 aromatic heterocycles. The van der Waals surface area contributed by atoms with Crippen molar-refractivity contribution in [3.05, 3.63) is 28.2 Å². The SMILES string of the molecule is NS(=O)(=O)c1ccc(CBr)c(Br)c1. The van der Waals surface area contributed by atoms with Crippen LogP contribution in [-0.4, -0.2) is 8.42 Å². The Kier molecular flexibility index (Phi) is 3.50. The highest BCUT2D eigenvalue weighted by Crippen LogP contribution is 2.22. The van der Waals surface area contributed by atoms with Crippen LogP contribution in [-0.2, 0) is 15.4 Å². The fourth-order valence-electron chi connectivity index (χ4n) is 0.813. The zero-order valence-electron chi connectivity index (χ0n) is 6.50. The summed E-state index contributed by atoms with van der Waals surface area (Å²) in [5, 5.41) is 5.62. The average molecular weight is 329 g/mol. The van der Waals surface area contributed by atoms with Crippen LogP contribution in [0.5, 0.6) is 0 Å². The molecule has 1 aromatic carbocycles. The normalized spacial score (nSPS) is 11.6. The van der Waals surface area contributed by atoms with E-state index in [0.717, 1.165) is 10.0 Å². The molecule has 2 N–H and O–H groups in total. The fraction of sp³-hybridized carbons (Fsp3) is 0.143. The van der Waals surface area contributed by atoms with Crippen molar-refractivity contribution in [3.8, 4) is 0 Å². The molecule has 0 saturated heterocycles. The molecule has 0 bridgehead atoms. The Morgan fingerprint density at radius 2 is 2.00 bits per heavy atom. The first-order chi connectivity index (χ1) is 5.95. The van der Waals surface area contributed by atoms with Crippen LogP contribution in [0.15, 0.2) is 27.6 Å². The highest BCUT2D eigenvalue weighted by atomic mass is 79.9. The van der Waals surface area contributed by atoms with E-state index in [1.807, 2.05) is 0 Å². The van der Waals surface area contributed by atoms with E-state index in [1.165, 1.54) is 12.1 Å². The monoisotopic (exact) mass is 327 g/mol. The molecule has 1 aromatic rings. The molecular formula is C7H7Br2NO2S. The quantitative estimate of drug-likeness (QED) is 0.844. The lowest BCUT2D eigenvalue weighted by atomic mass is 10.2. The molecule has 0 heterocycles. The number of sulfonamides is 1. The summed E-state index contributed by atoms with van der Waals surface area (Å²) in [7, 11) is -3.60. The van der Waals surface area contributed by atoms with E-state index < -0.39 is 10.0 Å². The molecule has 0 unspecified atom stereocenters. The third-order valence-electron chi connectivity index (χ3n) is 1.50. The van der Waals surface area contributed by atoms with E-state index in [1.54, 1.807) is 6.07 Å². The molecule has 6 heteroatoms. The summed E-state index contributed by atoms with van der Waals surface area (Å²) < 4.78 is 22.6. The van der Waals surface area contributed by atoms with Gasteiger partial charge < -0.3 is 0 Å². The van der Waals surface area contributed by atoms with Gasteiger partial charge in [0.15, 0.2) is 0 Å². The summed E-state index contributed by atoms with van der Waals surface area (Å²) in [5.74, 6) is 0. The fourth-order valence-corrected chi connectivity index (χ4v) is 2.89. The molecule has 0 atom stereocenters. The van der Waals surface area contributed by atoms with Gasteiger partial charge in [0.05, 0.1) is 4.90 Å². The highest BCUT2D eigenvalue weighted by molar-refractivity contribution is 9.10. The average Bonchev–Trinajstić information content (AvgIpc) is 2.02. The van der Waals surface area contributed by atoms with Crippen molar-refractivity contribution in [2.45, 2.75) is 10.2 Å². The van der Waals surface area contributed by atoms with Crippen molar-refractivity contribution >= 4 is 41.9 Å². The lowest BCUT2D eigenvalue weighted by Crippen LogP contribution is -2.12. The van der Waals surface area contributed by atoms with Gasteiger partial charge in [-0.05, 0) is 17.7 Å². The minimum Gasteiger partial charge on any atom is -0.225 e. The second kappa shape index (κ2) is 4.08. The number of benzene rings is 1. The molecule has 0 fully saturated rings. The van der Waals surface area contributed by atoms with Gasteiger partial charge in [0.25, 0.3) is 0 Å². The maximum absolute atomic E-state index is 10.9. The molecule has 0 aliphatic heterocycles. The van der Waals surface area contributed by atoms with Crippen molar-refractivity contribution in [2.24, 2.45) is 5.14 Å². The van der Waals surface area contributed by atoms with E-state index in [0.29, 0.717) is 5.33 Å². The zero-order valence-corrected chi connectivity index (χ0v) is 10.5. The number of hydrogen-bond acceptors (Lipinski definition) is 2. The third kappa shape index (κ3) is 2.77. The first kappa shape index (κ1) is 11.2. The van der Waals surface area contributed by atoms with E-state index in [4.69, 9.17) is 5.14 Å². The summed E-state index contributed by atoms with van der Waals surface area (Å²) in [6.45, 7) is 0. The predicted octanol–water partition coefficient (Wildman–Crippen LogP) is 1.99. The molecule has 0 aliphatic carbocycles. The van der Waals surface area contributed by atoms with Gasteiger partial charge in [-0.3, -0.25) is 0 Å². The van der Waals surface area contributed by atoms with Crippen LogP contribution in [0, 0.1) is 0 Å². The maximum atomic E-state index is 10.9. The van der Waals surface area contributed by atoms with Crippen LogP contribution < -0.4 is 5.14 Å². The summed E-state index contributed by atoms with van der Waals surface area (Å²) in [4.78, 5) is 0.115. The standard InChI is InChI=1S/C7H7Br2NO2S/c8-4-5-1-2-6(3-7(5)9)13(10,11)12/h1-3H,4H2,(H2,10,11,12). The van der Waals surface area contributed by atoms with E-state index in [9.17, 15) is 8.42 Å². The summed E-state index contributed by atoms with van der Waals surface area (Å²) >= 11 is 6.52. The predicted molar refractivity (Wildman–Crippen MR) is 58.1 cm³/mol. The molecular weight excluding hydrogens is 322 g/mol. The molecule has 13 heavy (non-hydrogen) atoms. The summed E-state index contributed by atoms with van der Waals surface area (Å²) in [5.41, 5.74) is 0.979. The first-order valence-corrected chi connectivity index (χ1v) is 6.78. The summed E-state index contributed by atoms with van der Waals surface area (Å²) in [6.07, 6.45) is 0. The van der Waals surface area contributed by atoms with E-state index in [2.05, 4.69) is 31.9 Å². The molecule has 72 valence electrons. The molecule has 0 amide bonds. The third-order valence-corrected chi connectivity index (χ3v) is 3.75. The van der Waals surface area contributed by atoms with Crippen LogP contribution in [0.1, 0.15) is 5.56 Å². The Labute approximate surface area is 93.6 Å². The molecule has 0 radical (unpaired) electrons. The number of halogens is 2. The van der Waals surface area contributed by atoms with Crippen molar-refractivity contribution in [3.63, 3.8) is 0 Å². The molecule has 0 spiro atoms. The van der Waals surface area contributed by atoms with Gasteiger partial charge in [0.2, 0.25) is 10.0 Å². The number of alkyl halides is 1. The Morgan fingerprint density at radius 3 is 2.38 bits per heavy atom. The Balaban J connectivity index is 3.26. The molecule has 0 saturated carbocycles. The van der Waals surface area contributed by atoms with Gasteiger partial charge in [-0.2, -0.15) is 0 Å². The van der Waals surface area contributed by atoms with Crippen molar-refractivity contribution in [2.75, 3.05) is 0 Å². The van der Waals surface area contributed by atoms with Gasteiger partial charge in [-0.15, -0.1) is 0 Å². The topological polar surface area (TPSA) is 60.2 Å². The smallest absolute Gasteiger partial charge is 0.225 e. The van der Waals surface area contributed by atoms with Gasteiger partial charge in [0, 0.05) is 9.80 Å². The lowest BCUT2D eigenvalue weighted by Gasteiger charge is -2.02. The lowest BCUT2D eigenvalue weighted by molar-refractivity contribution is 0.597. The second-order valence-electron chi connectivity index (χ2n) is 2.43. The van der Waals surface area contributed by atoms with E-state index in [-0.39, 0.29) is 4.90 Å². The Morgan fingerprint density at radius 1 is 1.38 bits per heavy atom. The van der Waals surface area contributed by atoms with Gasteiger partial charge in [-0.25, -0.2) is 13.6 Å². The Bertz CT molecular complexity index is 417. The van der Waals surface area contributed by atoms with Crippen LogP contribution >= 0.6 is 31.9 Å². The molecule has 3 nitrogen and oxygen atoms in total.